The van der Waals surface area contributed by atoms with Gasteiger partial charge in [0.25, 0.3) is 0 Å². The molecule has 3 rings (SSSR count). The Bertz CT molecular complexity index is 783. The SMILES string of the molecule is COc1cccc(-c2c(N)n[nH]c2-c2ccccc2I)c1. The highest BCUT2D eigenvalue weighted by molar-refractivity contribution is 14.1. The summed E-state index contributed by atoms with van der Waals surface area (Å²) in [5.74, 6) is 1.28. The minimum atomic E-state index is 0.484. The molecule has 0 spiro atoms. The number of anilines is 1. The number of aromatic nitrogens is 2. The Morgan fingerprint density at radius 2 is 1.95 bits per heavy atom. The molecule has 1 heterocycles. The molecule has 0 aliphatic rings. The van der Waals surface area contributed by atoms with Crippen LogP contribution in [0.4, 0.5) is 5.82 Å². The van der Waals surface area contributed by atoms with Gasteiger partial charge in [0.05, 0.1) is 18.4 Å². The molecule has 0 aliphatic carbocycles. The average molecular weight is 391 g/mol. The molecule has 0 saturated heterocycles. The van der Waals surface area contributed by atoms with Crippen LogP contribution in [-0.2, 0) is 0 Å². The van der Waals surface area contributed by atoms with Gasteiger partial charge in [-0.2, -0.15) is 5.10 Å². The number of aromatic amines is 1. The van der Waals surface area contributed by atoms with Crippen molar-refractivity contribution < 1.29 is 4.74 Å². The monoisotopic (exact) mass is 391 g/mol. The van der Waals surface area contributed by atoms with E-state index in [0.717, 1.165) is 31.7 Å². The number of nitrogens with zero attached hydrogens (tertiary/aromatic N) is 1. The lowest BCUT2D eigenvalue weighted by Gasteiger charge is -2.08. The number of hydrogen-bond acceptors (Lipinski definition) is 3. The van der Waals surface area contributed by atoms with Crippen molar-refractivity contribution in [2.45, 2.75) is 0 Å². The van der Waals surface area contributed by atoms with Crippen molar-refractivity contribution in [1.82, 2.24) is 10.2 Å². The summed E-state index contributed by atoms with van der Waals surface area (Å²) in [5.41, 5.74) is 9.95. The van der Waals surface area contributed by atoms with Crippen molar-refractivity contribution in [2.24, 2.45) is 0 Å². The van der Waals surface area contributed by atoms with Gasteiger partial charge in [-0.1, -0.05) is 30.3 Å². The molecular formula is C16H14IN3O. The summed E-state index contributed by atoms with van der Waals surface area (Å²) in [4.78, 5) is 0. The third-order valence-corrected chi connectivity index (χ3v) is 4.24. The van der Waals surface area contributed by atoms with E-state index in [-0.39, 0.29) is 0 Å². The molecule has 0 bridgehead atoms. The van der Waals surface area contributed by atoms with Crippen LogP contribution in [0.5, 0.6) is 5.75 Å². The fraction of sp³-hybridized carbons (Fsp3) is 0.0625. The number of H-pyrrole nitrogens is 1. The molecular weight excluding hydrogens is 377 g/mol. The maximum atomic E-state index is 6.07. The van der Waals surface area contributed by atoms with Crippen LogP contribution >= 0.6 is 22.6 Å². The predicted octanol–water partition coefficient (Wildman–Crippen LogP) is 3.94. The largest absolute Gasteiger partial charge is 0.497 e. The summed E-state index contributed by atoms with van der Waals surface area (Å²) in [6, 6.07) is 15.9. The van der Waals surface area contributed by atoms with Crippen LogP contribution < -0.4 is 10.5 Å². The lowest BCUT2D eigenvalue weighted by atomic mass is 10.0. The minimum absolute atomic E-state index is 0.484. The Morgan fingerprint density at radius 1 is 1.14 bits per heavy atom. The fourth-order valence-corrected chi connectivity index (χ4v) is 2.94. The highest BCUT2D eigenvalue weighted by Gasteiger charge is 2.16. The van der Waals surface area contributed by atoms with E-state index in [1.807, 2.05) is 36.4 Å². The number of methoxy groups -OCH3 is 1. The Hall–Kier alpha value is -2.02. The van der Waals surface area contributed by atoms with Crippen LogP contribution in [0.2, 0.25) is 0 Å². The van der Waals surface area contributed by atoms with E-state index >= 15 is 0 Å². The third kappa shape index (κ3) is 2.61. The number of hydrogen-bond donors (Lipinski definition) is 2. The zero-order valence-electron chi connectivity index (χ0n) is 11.4. The van der Waals surface area contributed by atoms with Crippen LogP contribution in [0.15, 0.2) is 48.5 Å². The van der Waals surface area contributed by atoms with Gasteiger partial charge in [-0.3, -0.25) is 5.10 Å². The maximum Gasteiger partial charge on any atom is 0.153 e. The van der Waals surface area contributed by atoms with Gasteiger partial charge < -0.3 is 10.5 Å². The molecule has 1 aromatic heterocycles. The van der Waals surface area contributed by atoms with E-state index in [9.17, 15) is 0 Å². The second-order valence-corrected chi connectivity index (χ2v) is 5.73. The Balaban J connectivity index is 2.20. The number of nitrogens with one attached hydrogen (secondary N) is 1. The molecule has 0 saturated carbocycles. The first kappa shape index (κ1) is 13.9. The molecule has 106 valence electrons. The van der Waals surface area contributed by atoms with Crippen LogP contribution in [0.1, 0.15) is 0 Å². The second-order valence-electron chi connectivity index (χ2n) is 4.57. The van der Waals surface area contributed by atoms with E-state index < -0.39 is 0 Å². The molecule has 0 radical (unpaired) electrons. The first-order valence-electron chi connectivity index (χ1n) is 6.44. The number of ether oxygens (including phenoxy) is 1. The van der Waals surface area contributed by atoms with Gasteiger partial charge in [-0.25, -0.2) is 0 Å². The summed E-state index contributed by atoms with van der Waals surface area (Å²) in [6.45, 7) is 0. The van der Waals surface area contributed by atoms with Gasteiger partial charge >= 0.3 is 0 Å². The lowest BCUT2D eigenvalue weighted by molar-refractivity contribution is 0.415. The van der Waals surface area contributed by atoms with E-state index in [1.165, 1.54) is 0 Å². The molecule has 0 aliphatic heterocycles. The maximum absolute atomic E-state index is 6.07. The van der Waals surface area contributed by atoms with E-state index in [0.29, 0.717) is 5.82 Å². The van der Waals surface area contributed by atoms with Crippen molar-refractivity contribution in [3.05, 3.63) is 52.1 Å². The van der Waals surface area contributed by atoms with Crippen molar-refractivity contribution in [2.75, 3.05) is 12.8 Å². The summed E-state index contributed by atoms with van der Waals surface area (Å²) >= 11 is 2.31. The highest BCUT2D eigenvalue weighted by Crippen LogP contribution is 2.37. The van der Waals surface area contributed by atoms with Crippen LogP contribution in [0.25, 0.3) is 22.4 Å². The molecule has 0 fully saturated rings. The number of benzene rings is 2. The standard InChI is InChI=1S/C16H14IN3O/c1-21-11-6-4-5-10(9-11)14-15(19-20-16(14)18)12-7-2-3-8-13(12)17/h2-9H,1H3,(H3,18,19,20). The molecule has 2 aromatic carbocycles. The Kier molecular flexibility index (Phi) is 3.83. The molecule has 3 N–H and O–H groups in total. The molecule has 0 amide bonds. The smallest absolute Gasteiger partial charge is 0.153 e. The first-order chi connectivity index (χ1) is 10.2. The Labute approximate surface area is 136 Å². The average Bonchev–Trinajstić information content (AvgIpc) is 2.89. The number of rotatable bonds is 3. The Morgan fingerprint density at radius 3 is 2.71 bits per heavy atom. The lowest BCUT2D eigenvalue weighted by Crippen LogP contribution is -1.91. The van der Waals surface area contributed by atoms with Crippen LogP contribution in [0.3, 0.4) is 0 Å². The van der Waals surface area contributed by atoms with Crippen molar-refractivity contribution in [3.8, 4) is 28.1 Å². The van der Waals surface area contributed by atoms with E-state index in [1.54, 1.807) is 7.11 Å². The summed E-state index contributed by atoms with van der Waals surface area (Å²) in [7, 11) is 1.65. The molecule has 5 heteroatoms. The summed E-state index contributed by atoms with van der Waals surface area (Å²) in [5, 5.41) is 7.22. The molecule has 3 aromatic rings. The summed E-state index contributed by atoms with van der Waals surface area (Å²) < 4.78 is 6.43. The van der Waals surface area contributed by atoms with Gasteiger partial charge in [-0.15, -0.1) is 0 Å². The van der Waals surface area contributed by atoms with Gasteiger partial charge in [0.15, 0.2) is 5.82 Å². The van der Waals surface area contributed by atoms with Crippen LogP contribution in [-0.4, -0.2) is 17.3 Å². The third-order valence-electron chi connectivity index (χ3n) is 3.30. The first-order valence-corrected chi connectivity index (χ1v) is 7.51. The fourth-order valence-electron chi connectivity index (χ4n) is 2.29. The normalized spacial score (nSPS) is 10.6. The molecule has 4 nitrogen and oxygen atoms in total. The zero-order valence-corrected chi connectivity index (χ0v) is 13.6. The molecule has 21 heavy (non-hydrogen) atoms. The number of nitrogens with two attached hydrogens (primary N) is 1. The minimum Gasteiger partial charge on any atom is -0.497 e. The van der Waals surface area contributed by atoms with Gasteiger partial charge in [0.2, 0.25) is 0 Å². The quantitative estimate of drug-likeness (QED) is 0.665. The predicted molar refractivity (Wildman–Crippen MR) is 93.1 cm³/mol. The van der Waals surface area contributed by atoms with E-state index in [4.69, 9.17) is 10.5 Å². The van der Waals surface area contributed by atoms with E-state index in [2.05, 4.69) is 44.9 Å². The van der Waals surface area contributed by atoms with Crippen molar-refractivity contribution in [1.29, 1.82) is 0 Å². The topological polar surface area (TPSA) is 63.9 Å². The number of halogens is 1. The van der Waals surface area contributed by atoms with Gasteiger partial charge in [0.1, 0.15) is 5.75 Å². The molecule has 0 atom stereocenters. The summed E-state index contributed by atoms with van der Waals surface area (Å²) in [6.07, 6.45) is 0. The second kappa shape index (κ2) is 5.77. The highest BCUT2D eigenvalue weighted by atomic mass is 127. The van der Waals surface area contributed by atoms with Crippen LogP contribution in [0, 0.1) is 3.57 Å². The van der Waals surface area contributed by atoms with Gasteiger partial charge in [-0.05, 0) is 46.4 Å². The molecule has 0 unspecified atom stereocenters. The van der Waals surface area contributed by atoms with Crippen molar-refractivity contribution in [3.63, 3.8) is 0 Å². The number of nitrogen functional groups attached to an aromatic ring is 1. The van der Waals surface area contributed by atoms with Crippen molar-refractivity contribution >= 4 is 28.4 Å². The van der Waals surface area contributed by atoms with Gasteiger partial charge in [0, 0.05) is 9.13 Å². The zero-order chi connectivity index (χ0) is 14.8.